The van der Waals surface area contributed by atoms with Crippen LogP contribution in [-0.2, 0) is 11.0 Å². The van der Waals surface area contributed by atoms with Gasteiger partial charge in [-0.25, -0.2) is 4.57 Å². The molecular formula is C15H15O8P. The second kappa shape index (κ2) is 6.92. The predicted octanol–water partition coefficient (Wildman–Crippen LogP) is 2.09. The van der Waals surface area contributed by atoms with E-state index in [0.29, 0.717) is 5.56 Å². The van der Waals surface area contributed by atoms with Gasteiger partial charge >= 0.3 is 7.82 Å². The van der Waals surface area contributed by atoms with Crippen molar-refractivity contribution >= 4 is 13.6 Å². The highest BCUT2D eigenvalue weighted by Crippen LogP contribution is 2.43. The summed E-state index contributed by atoms with van der Waals surface area (Å²) in [4.78, 5) is 30.1. The lowest BCUT2D eigenvalue weighted by Crippen LogP contribution is -2.05. The van der Waals surface area contributed by atoms with Gasteiger partial charge in [-0.3, -0.25) is 14.6 Å². The zero-order chi connectivity index (χ0) is 17.9. The number of phosphoric acid groups is 1. The molecule has 0 amide bonds. The molecule has 2 aromatic rings. The Labute approximate surface area is 136 Å². The first kappa shape index (κ1) is 17.8. The first-order valence-corrected chi connectivity index (χ1v) is 8.31. The van der Waals surface area contributed by atoms with Gasteiger partial charge in [0.2, 0.25) is 0 Å². The number of aromatic hydroxyl groups is 3. The normalized spacial score (nSPS) is 11.2. The Kier molecular flexibility index (Phi) is 5.14. The average molecular weight is 354 g/mol. The molecule has 24 heavy (non-hydrogen) atoms. The summed E-state index contributed by atoms with van der Waals surface area (Å²) in [5, 5.41) is 28.6. The van der Waals surface area contributed by atoms with Crippen LogP contribution >= 0.6 is 7.82 Å². The number of ketones is 1. The fourth-order valence-corrected chi connectivity index (χ4v) is 2.56. The summed E-state index contributed by atoms with van der Waals surface area (Å²) < 4.78 is 15.4. The molecule has 0 aliphatic heterocycles. The number of Topliss-reactive ketones (excluding diaryl/α,β-unsaturated/α-hetero) is 1. The fraction of sp³-hybridized carbons (Fsp3) is 0.133. The highest BCUT2D eigenvalue weighted by Gasteiger charge is 2.25. The topological polar surface area (TPSA) is 145 Å². The van der Waals surface area contributed by atoms with Crippen LogP contribution < -0.4 is 4.52 Å². The summed E-state index contributed by atoms with van der Waals surface area (Å²) in [6, 6.07) is 7.95. The number of phosphoric ester groups is 1. The molecular weight excluding hydrogens is 339 g/mol. The van der Waals surface area contributed by atoms with Gasteiger partial charge in [0.1, 0.15) is 28.6 Å². The number of benzene rings is 2. The van der Waals surface area contributed by atoms with Gasteiger partial charge in [-0.05, 0) is 24.1 Å². The van der Waals surface area contributed by atoms with Gasteiger partial charge in [0.05, 0.1) is 0 Å². The van der Waals surface area contributed by atoms with Crippen LogP contribution in [0, 0.1) is 0 Å². The number of phenolic OH excluding ortho intramolecular Hbond substituents is 3. The van der Waals surface area contributed by atoms with E-state index in [-0.39, 0.29) is 18.6 Å². The Balaban J connectivity index is 2.26. The van der Waals surface area contributed by atoms with Crippen LogP contribution in [0.15, 0.2) is 36.4 Å². The lowest BCUT2D eigenvalue weighted by Gasteiger charge is -2.13. The number of hydrogen-bond donors (Lipinski definition) is 5. The number of rotatable bonds is 6. The molecule has 0 aliphatic carbocycles. The maximum absolute atomic E-state index is 12.3. The van der Waals surface area contributed by atoms with E-state index in [2.05, 4.69) is 4.52 Å². The van der Waals surface area contributed by atoms with Crippen molar-refractivity contribution in [2.75, 3.05) is 0 Å². The molecule has 2 aromatic carbocycles. The Morgan fingerprint density at radius 2 is 1.75 bits per heavy atom. The average Bonchev–Trinajstić information content (AvgIpc) is 2.42. The SMILES string of the molecule is O=C(CCc1cccc(O)c1)c1c(O)cc(O)cc1OP(=O)(O)O. The maximum atomic E-state index is 12.3. The van der Waals surface area contributed by atoms with Crippen LogP contribution in [0.1, 0.15) is 22.3 Å². The summed E-state index contributed by atoms with van der Waals surface area (Å²) in [6.07, 6.45) is 0.113. The van der Waals surface area contributed by atoms with E-state index in [4.69, 9.17) is 9.79 Å². The van der Waals surface area contributed by atoms with E-state index < -0.39 is 36.4 Å². The van der Waals surface area contributed by atoms with Gasteiger partial charge in [-0.15, -0.1) is 0 Å². The van der Waals surface area contributed by atoms with Gasteiger partial charge in [0.25, 0.3) is 0 Å². The van der Waals surface area contributed by atoms with Crippen molar-refractivity contribution in [1.82, 2.24) is 0 Å². The molecule has 0 heterocycles. The third kappa shape index (κ3) is 4.73. The summed E-state index contributed by atoms with van der Waals surface area (Å²) >= 11 is 0. The van der Waals surface area contributed by atoms with Gasteiger partial charge < -0.3 is 19.8 Å². The van der Waals surface area contributed by atoms with E-state index in [1.807, 2.05) is 0 Å². The predicted molar refractivity (Wildman–Crippen MR) is 83.2 cm³/mol. The lowest BCUT2D eigenvalue weighted by atomic mass is 10.0. The van der Waals surface area contributed by atoms with Gasteiger partial charge in [0.15, 0.2) is 5.78 Å². The van der Waals surface area contributed by atoms with Crippen LogP contribution in [0.4, 0.5) is 0 Å². The van der Waals surface area contributed by atoms with Crippen molar-refractivity contribution in [2.45, 2.75) is 12.8 Å². The molecule has 0 bridgehead atoms. The highest BCUT2D eigenvalue weighted by atomic mass is 31.2. The molecule has 0 radical (unpaired) electrons. The van der Waals surface area contributed by atoms with Crippen LogP contribution in [-0.4, -0.2) is 30.9 Å². The fourth-order valence-electron chi connectivity index (χ4n) is 2.16. The zero-order valence-electron chi connectivity index (χ0n) is 12.3. The first-order chi connectivity index (χ1) is 11.2. The molecule has 128 valence electrons. The summed E-state index contributed by atoms with van der Waals surface area (Å²) in [5.74, 6) is -2.38. The zero-order valence-corrected chi connectivity index (χ0v) is 13.2. The Morgan fingerprint density at radius 1 is 1.04 bits per heavy atom. The quantitative estimate of drug-likeness (QED) is 0.392. The van der Waals surface area contributed by atoms with Crippen molar-refractivity contribution < 1.29 is 39.0 Å². The molecule has 0 spiro atoms. The van der Waals surface area contributed by atoms with Crippen LogP contribution in [0.5, 0.6) is 23.0 Å². The third-order valence-electron chi connectivity index (χ3n) is 3.11. The summed E-state index contributed by atoms with van der Waals surface area (Å²) in [5.41, 5.74) is 0.232. The molecule has 0 aromatic heterocycles. The minimum Gasteiger partial charge on any atom is -0.508 e. The monoisotopic (exact) mass is 354 g/mol. The standard InChI is InChI=1S/C15H15O8P/c16-10-3-1-2-9(6-10)4-5-12(18)15-13(19)7-11(17)8-14(15)23-24(20,21)22/h1-3,6-8,16-17,19H,4-5H2,(H2,20,21,22). The number of aryl methyl sites for hydroxylation is 1. The molecule has 0 unspecified atom stereocenters. The van der Waals surface area contributed by atoms with Gasteiger partial charge in [0, 0.05) is 18.6 Å². The maximum Gasteiger partial charge on any atom is 0.524 e. The number of phenols is 3. The second-order valence-electron chi connectivity index (χ2n) is 5.01. The first-order valence-electron chi connectivity index (χ1n) is 6.78. The number of carbonyl (C=O) groups is 1. The smallest absolute Gasteiger partial charge is 0.508 e. The van der Waals surface area contributed by atoms with Crippen LogP contribution in [0.3, 0.4) is 0 Å². The van der Waals surface area contributed by atoms with Crippen molar-refractivity contribution in [3.8, 4) is 23.0 Å². The molecule has 2 rings (SSSR count). The molecule has 5 N–H and O–H groups in total. The summed E-state index contributed by atoms with van der Waals surface area (Å²) in [7, 11) is -4.98. The minimum absolute atomic E-state index is 0.0398. The molecule has 0 aliphatic rings. The molecule has 9 heteroatoms. The van der Waals surface area contributed by atoms with E-state index in [0.717, 1.165) is 12.1 Å². The summed E-state index contributed by atoms with van der Waals surface area (Å²) in [6.45, 7) is 0. The van der Waals surface area contributed by atoms with Crippen molar-refractivity contribution in [3.05, 3.63) is 47.5 Å². The van der Waals surface area contributed by atoms with Gasteiger partial charge in [-0.2, -0.15) is 0 Å². The minimum atomic E-state index is -4.98. The third-order valence-corrected chi connectivity index (χ3v) is 3.55. The van der Waals surface area contributed by atoms with E-state index in [1.54, 1.807) is 12.1 Å². The number of hydrogen-bond acceptors (Lipinski definition) is 6. The molecule has 0 saturated carbocycles. The lowest BCUT2D eigenvalue weighted by molar-refractivity contribution is 0.0978. The highest BCUT2D eigenvalue weighted by molar-refractivity contribution is 7.46. The van der Waals surface area contributed by atoms with Crippen LogP contribution in [0.2, 0.25) is 0 Å². The van der Waals surface area contributed by atoms with E-state index in [1.165, 1.54) is 12.1 Å². The van der Waals surface area contributed by atoms with Crippen molar-refractivity contribution in [1.29, 1.82) is 0 Å². The molecule has 0 fully saturated rings. The second-order valence-corrected chi connectivity index (χ2v) is 6.18. The van der Waals surface area contributed by atoms with Gasteiger partial charge in [-0.1, -0.05) is 12.1 Å². The van der Waals surface area contributed by atoms with E-state index in [9.17, 15) is 24.7 Å². The Hall–Kier alpha value is -2.54. The number of carbonyl (C=O) groups excluding carboxylic acids is 1. The van der Waals surface area contributed by atoms with E-state index >= 15 is 0 Å². The van der Waals surface area contributed by atoms with Crippen LogP contribution in [0.25, 0.3) is 0 Å². The molecule has 0 atom stereocenters. The molecule has 8 nitrogen and oxygen atoms in total. The Morgan fingerprint density at radius 3 is 2.38 bits per heavy atom. The molecule has 0 saturated heterocycles. The Bertz CT molecular complexity index is 811. The van der Waals surface area contributed by atoms with Crippen molar-refractivity contribution in [2.24, 2.45) is 0 Å². The largest absolute Gasteiger partial charge is 0.524 e. The van der Waals surface area contributed by atoms with Crippen molar-refractivity contribution in [3.63, 3.8) is 0 Å².